The Labute approximate surface area is 180 Å². The summed E-state index contributed by atoms with van der Waals surface area (Å²) in [6, 6.07) is 7.08. The van der Waals surface area contributed by atoms with Gasteiger partial charge in [0.15, 0.2) is 5.65 Å². The van der Waals surface area contributed by atoms with Gasteiger partial charge in [-0.1, -0.05) is 12.1 Å². The van der Waals surface area contributed by atoms with E-state index in [1.54, 1.807) is 24.4 Å². The molecule has 164 valence electrons. The zero-order valence-corrected chi connectivity index (χ0v) is 17.4. The minimum absolute atomic E-state index is 0.199. The number of aliphatic hydroxyl groups excluding tert-OH is 1. The van der Waals surface area contributed by atoms with Crippen LogP contribution in [0.4, 0.5) is 22.0 Å². The first-order chi connectivity index (χ1) is 15.2. The van der Waals surface area contributed by atoms with Crippen LogP contribution in [0, 0.1) is 5.82 Å². The normalized spacial score (nSPS) is 22.5. The van der Waals surface area contributed by atoms with Crippen LogP contribution in [-0.4, -0.2) is 49.9 Å². The minimum Gasteiger partial charge on any atom is -0.393 e. The summed E-state index contributed by atoms with van der Waals surface area (Å²) < 4.78 is 16.4. The van der Waals surface area contributed by atoms with Crippen LogP contribution in [0.1, 0.15) is 44.6 Å². The first-order valence-corrected chi connectivity index (χ1v) is 11.1. The summed E-state index contributed by atoms with van der Waals surface area (Å²) >= 11 is 0. The Morgan fingerprint density at radius 1 is 1.03 bits per heavy atom. The largest absolute Gasteiger partial charge is 0.393 e. The summed E-state index contributed by atoms with van der Waals surface area (Å²) in [5.74, 6) is 0.833. The molecule has 2 fully saturated rings. The van der Waals surface area contributed by atoms with Crippen molar-refractivity contribution in [2.24, 2.45) is 0 Å². The van der Waals surface area contributed by atoms with Gasteiger partial charge < -0.3 is 21.1 Å². The van der Waals surface area contributed by atoms with Crippen molar-refractivity contribution in [3.8, 4) is 0 Å². The third-order valence-corrected chi connectivity index (χ3v) is 6.26. The van der Waals surface area contributed by atoms with Gasteiger partial charge in [-0.15, -0.1) is 0 Å². The van der Waals surface area contributed by atoms with Crippen LogP contribution in [0.15, 0.2) is 30.5 Å². The highest BCUT2D eigenvalue weighted by atomic mass is 19.1. The first-order valence-electron chi connectivity index (χ1n) is 11.1. The lowest BCUT2D eigenvalue weighted by Gasteiger charge is -2.27. The van der Waals surface area contributed by atoms with E-state index in [0.29, 0.717) is 23.1 Å². The van der Waals surface area contributed by atoms with Crippen molar-refractivity contribution in [3.63, 3.8) is 0 Å². The highest BCUT2D eigenvalue weighted by molar-refractivity contribution is 5.76. The molecule has 2 aliphatic rings. The van der Waals surface area contributed by atoms with Gasteiger partial charge in [-0.05, 0) is 63.7 Å². The van der Waals surface area contributed by atoms with Gasteiger partial charge in [-0.3, -0.25) is 4.57 Å². The number of benzene rings is 1. The second kappa shape index (κ2) is 8.76. The number of nitrogens with one attached hydrogen (secondary N) is 3. The van der Waals surface area contributed by atoms with Gasteiger partial charge in [0.05, 0.1) is 18.0 Å². The zero-order chi connectivity index (χ0) is 21.2. The van der Waals surface area contributed by atoms with E-state index < -0.39 is 0 Å². The number of piperidine rings is 1. The lowest BCUT2D eigenvalue weighted by molar-refractivity contribution is 0.126. The van der Waals surface area contributed by atoms with Crippen molar-refractivity contribution in [3.05, 3.63) is 36.3 Å². The van der Waals surface area contributed by atoms with E-state index in [9.17, 15) is 9.50 Å². The monoisotopic (exact) mass is 425 g/mol. The number of aliphatic hydroxyl groups is 1. The number of fused-ring (bicyclic) bond motifs is 1. The van der Waals surface area contributed by atoms with Crippen LogP contribution >= 0.6 is 0 Å². The molecular weight excluding hydrogens is 397 g/mol. The molecule has 0 spiro atoms. The topological polar surface area (TPSA) is 99.9 Å². The van der Waals surface area contributed by atoms with E-state index in [1.807, 2.05) is 0 Å². The van der Waals surface area contributed by atoms with Crippen molar-refractivity contribution in [2.75, 3.05) is 23.7 Å². The Morgan fingerprint density at radius 2 is 1.81 bits per heavy atom. The molecule has 1 aliphatic heterocycles. The molecule has 1 aliphatic carbocycles. The van der Waals surface area contributed by atoms with Crippen LogP contribution in [0.25, 0.3) is 11.2 Å². The molecule has 3 aromatic rings. The quantitative estimate of drug-likeness (QED) is 0.497. The Hall–Kier alpha value is -2.78. The van der Waals surface area contributed by atoms with Crippen LogP contribution in [0.2, 0.25) is 0 Å². The Balaban J connectivity index is 1.49. The van der Waals surface area contributed by atoms with E-state index in [2.05, 4.69) is 25.5 Å². The predicted molar refractivity (Wildman–Crippen MR) is 118 cm³/mol. The molecule has 0 bridgehead atoms. The third-order valence-electron chi connectivity index (χ3n) is 6.26. The Kier molecular flexibility index (Phi) is 5.69. The summed E-state index contributed by atoms with van der Waals surface area (Å²) in [7, 11) is 0. The SMILES string of the molecule is OC1CCC(Nc2ncc3nc(Nc4ccccc4F)n(C4CCNCC4)c3n2)CC1. The number of para-hydroxylation sites is 1. The summed E-state index contributed by atoms with van der Waals surface area (Å²) in [6.45, 7) is 1.84. The summed E-state index contributed by atoms with van der Waals surface area (Å²) in [5, 5.41) is 19.7. The van der Waals surface area contributed by atoms with E-state index >= 15 is 0 Å². The van der Waals surface area contributed by atoms with Crippen molar-refractivity contribution < 1.29 is 9.50 Å². The third kappa shape index (κ3) is 4.33. The van der Waals surface area contributed by atoms with Gasteiger partial charge in [0.25, 0.3) is 0 Å². The van der Waals surface area contributed by atoms with Crippen molar-refractivity contribution in [1.29, 1.82) is 0 Å². The van der Waals surface area contributed by atoms with Gasteiger partial charge in [0.1, 0.15) is 11.3 Å². The Morgan fingerprint density at radius 3 is 2.58 bits per heavy atom. The molecule has 0 radical (unpaired) electrons. The lowest BCUT2D eigenvalue weighted by Crippen LogP contribution is -2.30. The molecule has 1 saturated carbocycles. The highest BCUT2D eigenvalue weighted by Gasteiger charge is 2.24. The molecule has 1 saturated heterocycles. The number of rotatable bonds is 5. The lowest BCUT2D eigenvalue weighted by atomic mass is 9.93. The summed E-state index contributed by atoms with van der Waals surface area (Å²) in [5.41, 5.74) is 1.82. The molecule has 0 unspecified atom stereocenters. The first kappa shape index (κ1) is 20.1. The fraction of sp³-hybridized carbons (Fsp3) is 0.500. The number of anilines is 3. The maximum atomic E-state index is 14.3. The van der Waals surface area contributed by atoms with Gasteiger partial charge >= 0.3 is 0 Å². The molecule has 0 atom stereocenters. The van der Waals surface area contributed by atoms with E-state index in [-0.39, 0.29) is 24.0 Å². The number of aromatic nitrogens is 4. The number of imidazole rings is 1. The molecule has 4 N–H and O–H groups in total. The maximum Gasteiger partial charge on any atom is 0.224 e. The van der Waals surface area contributed by atoms with Gasteiger partial charge in [0, 0.05) is 12.1 Å². The fourth-order valence-electron chi connectivity index (χ4n) is 4.55. The van der Waals surface area contributed by atoms with Crippen LogP contribution in [0.5, 0.6) is 0 Å². The molecule has 1 aromatic carbocycles. The van der Waals surface area contributed by atoms with Crippen LogP contribution in [-0.2, 0) is 0 Å². The standard InChI is InChI=1S/C22H28FN7O/c23-17-3-1-2-4-18(17)27-22-28-19-13-25-21(26-14-5-7-16(31)8-6-14)29-20(19)30(22)15-9-11-24-12-10-15/h1-4,13-16,24,31H,5-12H2,(H,27,28)(H,25,26,29). The van der Waals surface area contributed by atoms with Crippen molar-refractivity contribution >= 4 is 28.7 Å². The summed E-state index contributed by atoms with van der Waals surface area (Å²) in [4.78, 5) is 14.0. The average Bonchev–Trinajstić information content (AvgIpc) is 3.15. The second-order valence-electron chi connectivity index (χ2n) is 8.44. The number of nitrogens with zero attached hydrogens (tertiary/aromatic N) is 4. The second-order valence-corrected chi connectivity index (χ2v) is 8.44. The van der Waals surface area contributed by atoms with Crippen molar-refractivity contribution in [1.82, 2.24) is 24.8 Å². The smallest absolute Gasteiger partial charge is 0.224 e. The van der Waals surface area contributed by atoms with E-state index in [0.717, 1.165) is 57.3 Å². The minimum atomic E-state index is -0.320. The van der Waals surface area contributed by atoms with Crippen LogP contribution < -0.4 is 16.0 Å². The predicted octanol–water partition coefficient (Wildman–Crippen LogP) is 3.35. The van der Waals surface area contributed by atoms with Crippen LogP contribution in [0.3, 0.4) is 0 Å². The highest BCUT2D eigenvalue weighted by Crippen LogP contribution is 2.31. The van der Waals surface area contributed by atoms with Gasteiger partial charge in [0.2, 0.25) is 11.9 Å². The number of hydrogen-bond donors (Lipinski definition) is 4. The molecule has 9 heteroatoms. The molecule has 3 heterocycles. The molecule has 8 nitrogen and oxygen atoms in total. The average molecular weight is 426 g/mol. The molecule has 2 aromatic heterocycles. The van der Waals surface area contributed by atoms with Gasteiger partial charge in [-0.25, -0.2) is 14.4 Å². The summed E-state index contributed by atoms with van der Waals surface area (Å²) in [6.07, 6.45) is 6.82. The maximum absolute atomic E-state index is 14.3. The Bertz CT molecular complexity index is 1040. The fourth-order valence-corrected chi connectivity index (χ4v) is 4.55. The number of halogens is 1. The molecule has 31 heavy (non-hydrogen) atoms. The zero-order valence-electron chi connectivity index (χ0n) is 17.4. The molecular formula is C22H28FN7O. The van der Waals surface area contributed by atoms with Crippen molar-refractivity contribution in [2.45, 2.75) is 56.7 Å². The molecule has 0 amide bonds. The van der Waals surface area contributed by atoms with Gasteiger partial charge in [-0.2, -0.15) is 4.98 Å². The molecule has 5 rings (SSSR count). The number of hydrogen-bond acceptors (Lipinski definition) is 7. The van der Waals surface area contributed by atoms with E-state index in [1.165, 1.54) is 6.07 Å². The van der Waals surface area contributed by atoms with E-state index in [4.69, 9.17) is 9.97 Å².